The third-order valence-corrected chi connectivity index (χ3v) is 4.68. The maximum absolute atomic E-state index is 9.53. The number of halogens is 1. The van der Waals surface area contributed by atoms with Gasteiger partial charge in [-0.2, -0.15) is 5.26 Å². The van der Waals surface area contributed by atoms with E-state index in [0.29, 0.717) is 5.56 Å². The molecule has 0 spiro atoms. The second kappa shape index (κ2) is 6.46. The zero-order chi connectivity index (χ0) is 17.3. The van der Waals surface area contributed by atoms with E-state index in [0.717, 1.165) is 38.0 Å². The summed E-state index contributed by atoms with van der Waals surface area (Å²) in [5, 5.41) is 9.53. The summed E-state index contributed by atoms with van der Waals surface area (Å²) in [6, 6.07) is 18.1. The van der Waals surface area contributed by atoms with Gasteiger partial charge in [-0.25, -0.2) is 4.98 Å². The SMILES string of the molecule is Cc1ccc(C)c(-c2cc(-c3ccccc3Br)c(C#N)c(N)n2)c1. The lowest BCUT2D eigenvalue weighted by Crippen LogP contribution is -2.01. The average molecular weight is 378 g/mol. The van der Waals surface area contributed by atoms with Crippen LogP contribution >= 0.6 is 15.9 Å². The Hall–Kier alpha value is -2.64. The van der Waals surface area contributed by atoms with Gasteiger partial charge in [0.15, 0.2) is 0 Å². The van der Waals surface area contributed by atoms with E-state index in [-0.39, 0.29) is 5.82 Å². The summed E-state index contributed by atoms with van der Waals surface area (Å²) in [5.74, 6) is 0.252. The van der Waals surface area contributed by atoms with E-state index in [1.807, 2.05) is 44.2 Å². The molecule has 2 aromatic carbocycles. The fraction of sp³-hybridized carbons (Fsp3) is 0.100. The monoisotopic (exact) mass is 377 g/mol. The van der Waals surface area contributed by atoms with E-state index >= 15 is 0 Å². The second-order valence-corrected chi connectivity index (χ2v) is 6.58. The highest BCUT2D eigenvalue weighted by Gasteiger charge is 2.16. The Labute approximate surface area is 149 Å². The number of nitriles is 1. The molecule has 3 rings (SSSR count). The zero-order valence-corrected chi connectivity index (χ0v) is 15.1. The maximum atomic E-state index is 9.53. The number of nitrogen functional groups attached to an aromatic ring is 1. The number of rotatable bonds is 2. The fourth-order valence-electron chi connectivity index (χ4n) is 2.72. The molecule has 0 fully saturated rings. The van der Waals surface area contributed by atoms with E-state index in [1.165, 1.54) is 0 Å². The first kappa shape index (κ1) is 16.2. The highest BCUT2D eigenvalue weighted by atomic mass is 79.9. The summed E-state index contributed by atoms with van der Waals surface area (Å²) >= 11 is 3.56. The largest absolute Gasteiger partial charge is 0.383 e. The van der Waals surface area contributed by atoms with Crippen molar-refractivity contribution in [2.45, 2.75) is 13.8 Å². The lowest BCUT2D eigenvalue weighted by Gasteiger charge is -2.13. The van der Waals surface area contributed by atoms with Gasteiger partial charge in [0.1, 0.15) is 17.5 Å². The quantitative estimate of drug-likeness (QED) is 0.663. The van der Waals surface area contributed by atoms with E-state index in [1.54, 1.807) is 0 Å². The summed E-state index contributed by atoms with van der Waals surface area (Å²) in [7, 11) is 0. The number of nitrogens with zero attached hydrogens (tertiary/aromatic N) is 2. The van der Waals surface area contributed by atoms with Gasteiger partial charge < -0.3 is 5.73 Å². The van der Waals surface area contributed by atoms with Crippen LogP contribution in [0.4, 0.5) is 5.82 Å². The third kappa shape index (κ3) is 2.91. The predicted molar refractivity (Wildman–Crippen MR) is 101 cm³/mol. The minimum atomic E-state index is 0.252. The molecule has 0 atom stereocenters. The number of pyridine rings is 1. The van der Waals surface area contributed by atoms with Crippen molar-refractivity contribution in [1.29, 1.82) is 5.26 Å². The molecule has 0 saturated heterocycles. The maximum Gasteiger partial charge on any atom is 0.142 e. The highest BCUT2D eigenvalue weighted by molar-refractivity contribution is 9.10. The molecule has 118 valence electrons. The standard InChI is InChI=1S/C20H16BrN3/c1-12-7-8-13(2)15(9-12)19-10-16(17(11-22)20(23)24-19)14-5-3-4-6-18(14)21/h3-10H,1-2H3,(H2,23,24). The number of aromatic nitrogens is 1. The molecule has 0 bridgehead atoms. The van der Waals surface area contributed by atoms with Crippen molar-refractivity contribution in [2.24, 2.45) is 0 Å². The van der Waals surface area contributed by atoms with Crippen molar-refractivity contribution >= 4 is 21.7 Å². The number of nitrogens with two attached hydrogens (primary N) is 1. The van der Waals surface area contributed by atoms with Crippen LogP contribution in [-0.2, 0) is 0 Å². The molecule has 0 aliphatic rings. The van der Waals surface area contributed by atoms with Crippen LogP contribution in [0.25, 0.3) is 22.4 Å². The molecular formula is C20H16BrN3. The van der Waals surface area contributed by atoms with Gasteiger partial charge in [0, 0.05) is 15.6 Å². The lowest BCUT2D eigenvalue weighted by molar-refractivity contribution is 1.28. The molecule has 0 aliphatic heterocycles. The molecule has 4 heteroatoms. The van der Waals surface area contributed by atoms with Crippen molar-refractivity contribution in [1.82, 2.24) is 4.98 Å². The summed E-state index contributed by atoms with van der Waals surface area (Å²) in [6.45, 7) is 4.09. The average Bonchev–Trinajstić information content (AvgIpc) is 2.57. The Morgan fingerprint density at radius 2 is 1.75 bits per heavy atom. The topological polar surface area (TPSA) is 62.7 Å². The number of anilines is 1. The fourth-order valence-corrected chi connectivity index (χ4v) is 3.22. The Morgan fingerprint density at radius 1 is 1.00 bits per heavy atom. The molecule has 0 unspecified atom stereocenters. The van der Waals surface area contributed by atoms with E-state index in [9.17, 15) is 5.26 Å². The molecule has 3 nitrogen and oxygen atoms in total. The van der Waals surface area contributed by atoms with Crippen LogP contribution < -0.4 is 5.73 Å². The molecule has 0 aliphatic carbocycles. The van der Waals surface area contributed by atoms with E-state index < -0.39 is 0 Å². The van der Waals surface area contributed by atoms with Gasteiger partial charge in [0.25, 0.3) is 0 Å². The van der Waals surface area contributed by atoms with Crippen LogP contribution in [-0.4, -0.2) is 4.98 Å². The zero-order valence-electron chi connectivity index (χ0n) is 13.5. The van der Waals surface area contributed by atoms with Crippen molar-refractivity contribution < 1.29 is 0 Å². The van der Waals surface area contributed by atoms with Crippen LogP contribution in [0.1, 0.15) is 16.7 Å². The minimum Gasteiger partial charge on any atom is -0.383 e. The first-order valence-corrected chi connectivity index (χ1v) is 8.33. The molecule has 24 heavy (non-hydrogen) atoms. The van der Waals surface area contributed by atoms with Gasteiger partial charge in [-0.05, 0) is 43.2 Å². The Morgan fingerprint density at radius 3 is 2.46 bits per heavy atom. The summed E-state index contributed by atoms with van der Waals surface area (Å²) in [5.41, 5.74) is 12.3. The van der Waals surface area contributed by atoms with Gasteiger partial charge in [-0.1, -0.05) is 51.8 Å². The van der Waals surface area contributed by atoms with E-state index in [2.05, 4.69) is 45.2 Å². The Bertz CT molecular complexity index is 971. The minimum absolute atomic E-state index is 0.252. The van der Waals surface area contributed by atoms with Crippen LogP contribution in [0.3, 0.4) is 0 Å². The Kier molecular flexibility index (Phi) is 4.37. The van der Waals surface area contributed by atoms with E-state index in [4.69, 9.17) is 5.73 Å². The lowest BCUT2D eigenvalue weighted by atomic mass is 9.96. The number of benzene rings is 2. The first-order chi connectivity index (χ1) is 11.5. The predicted octanol–water partition coefficient (Wildman–Crippen LogP) is 5.25. The van der Waals surface area contributed by atoms with Crippen molar-refractivity contribution in [3.8, 4) is 28.5 Å². The van der Waals surface area contributed by atoms with Gasteiger partial charge in [0.05, 0.1) is 5.69 Å². The molecule has 0 saturated carbocycles. The molecule has 2 N–H and O–H groups in total. The third-order valence-electron chi connectivity index (χ3n) is 3.99. The molecule has 0 amide bonds. The number of aryl methyl sites for hydroxylation is 2. The van der Waals surface area contributed by atoms with Gasteiger partial charge in [-0.15, -0.1) is 0 Å². The first-order valence-electron chi connectivity index (χ1n) is 7.54. The second-order valence-electron chi connectivity index (χ2n) is 5.73. The number of hydrogen-bond acceptors (Lipinski definition) is 3. The normalized spacial score (nSPS) is 10.4. The van der Waals surface area contributed by atoms with Crippen molar-refractivity contribution in [3.63, 3.8) is 0 Å². The van der Waals surface area contributed by atoms with Gasteiger partial charge >= 0.3 is 0 Å². The molecule has 0 radical (unpaired) electrons. The Balaban J connectivity index is 2.31. The molecule has 1 heterocycles. The summed E-state index contributed by atoms with van der Waals surface area (Å²) in [6.07, 6.45) is 0. The van der Waals surface area contributed by atoms with Crippen LogP contribution in [0.2, 0.25) is 0 Å². The van der Waals surface area contributed by atoms with Crippen LogP contribution in [0.5, 0.6) is 0 Å². The molecular weight excluding hydrogens is 362 g/mol. The summed E-state index contributed by atoms with van der Waals surface area (Å²) in [4.78, 5) is 4.47. The van der Waals surface area contributed by atoms with Crippen LogP contribution in [0.15, 0.2) is 53.0 Å². The highest BCUT2D eigenvalue weighted by Crippen LogP contribution is 2.35. The molecule has 1 aromatic heterocycles. The van der Waals surface area contributed by atoms with Gasteiger partial charge in [-0.3, -0.25) is 0 Å². The van der Waals surface area contributed by atoms with Crippen LogP contribution in [0, 0.1) is 25.2 Å². The molecule has 3 aromatic rings. The summed E-state index contributed by atoms with van der Waals surface area (Å²) < 4.78 is 0.916. The van der Waals surface area contributed by atoms with Gasteiger partial charge in [0.2, 0.25) is 0 Å². The smallest absolute Gasteiger partial charge is 0.142 e. The van der Waals surface area contributed by atoms with Crippen molar-refractivity contribution in [3.05, 3.63) is 69.7 Å². The van der Waals surface area contributed by atoms with Crippen molar-refractivity contribution in [2.75, 3.05) is 5.73 Å². The number of hydrogen-bond donors (Lipinski definition) is 1.